The van der Waals surface area contributed by atoms with Gasteiger partial charge in [-0.05, 0) is 6.42 Å². The van der Waals surface area contributed by atoms with E-state index in [1.54, 1.807) is 6.08 Å². The summed E-state index contributed by atoms with van der Waals surface area (Å²) in [7, 11) is 2.49. The number of rotatable bonds is 5. The lowest BCUT2D eigenvalue weighted by atomic mass is 10.1. The molecule has 0 fully saturated rings. The Balaban J connectivity index is 4.86. The molecule has 0 amide bonds. The van der Waals surface area contributed by atoms with Crippen molar-refractivity contribution in [2.24, 2.45) is 0 Å². The Morgan fingerprint density at radius 3 is 2.13 bits per heavy atom. The average Bonchev–Trinajstić information content (AvgIpc) is 2.27. The lowest BCUT2D eigenvalue weighted by molar-refractivity contribution is -0.139. The minimum Gasteiger partial charge on any atom is -0.465 e. The number of hydrogen-bond acceptors (Lipinski definition) is 4. The Labute approximate surface area is 89.6 Å². The lowest BCUT2D eigenvalue weighted by Gasteiger charge is -2.06. The molecule has 0 saturated heterocycles. The third-order valence-corrected chi connectivity index (χ3v) is 1.80. The maximum atomic E-state index is 11.3. The van der Waals surface area contributed by atoms with Gasteiger partial charge in [0.15, 0.2) is 0 Å². The Kier molecular flexibility index (Phi) is 6.09. The number of carbonyl (C=O) groups excluding carboxylic acids is 2. The highest BCUT2D eigenvalue weighted by molar-refractivity contribution is 6.06. The summed E-state index contributed by atoms with van der Waals surface area (Å²) >= 11 is 0. The molecule has 0 saturated carbocycles. The van der Waals surface area contributed by atoms with Crippen LogP contribution in [0.15, 0.2) is 23.8 Å². The van der Waals surface area contributed by atoms with Crippen LogP contribution in [0.2, 0.25) is 0 Å². The van der Waals surface area contributed by atoms with Crippen LogP contribution in [-0.2, 0) is 19.1 Å². The molecule has 0 aliphatic heterocycles. The number of hydrogen-bond donors (Lipinski definition) is 0. The van der Waals surface area contributed by atoms with E-state index in [0.29, 0.717) is 6.42 Å². The van der Waals surface area contributed by atoms with E-state index in [0.717, 1.165) is 6.42 Å². The summed E-state index contributed by atoms with van der Waals surface area (Å²) in [6.45, 7) is 5.47. The van der Waals surface area contributed by atoms with E-state index < -0.39 is 11.9 Å². The molecule has 0 spiro atoms. The molecule has 0 aromatic rings. The Hall–Kier alpha value is -1.58. The summed E-state index contributed by atoms with van der Waals surface area (Å²) in [5.41, 5.74) is 0.198. The van der Waals surface area contributed by atoms with Crippen molar-refractivity contribution in [2.45, 2.75) is 19.8 Å². The molecule has 0 rings (SSSR count). The second kappa shape index (κ2) is 6.81. The van der Waals surface area contributed by atoms with Crippen molar-refractivity contribution in [3.05, 3.63) is 23.8 Å². The van der Waals surface area contributed by atoms with Crippen LogP contribution >= 0.6 is 0 Å². The van der Waals surface area contributed by atoms with Crippen LogP contribution in [0, 0.1) is 0 Å². The monoisotopic (exact) mass is 212 g/mol. The summed E-state index contributed by atoms with van der Waals surface area (Å²) in [5, 5.41) is 0. The van der Waals surface area contributed by atoms with Crippen molar-refractivity contribution in [1.29, 1.82) is 0 Å². The van der Waals surface area contributed by atoms with Crippen molar-refractivity contribution in [1.82, 2.24) is 0 Å². The number of esters is 2. The van der Waals surface area contributed by atoms with E-state index in [2.05, 4.69) is 16.1 Å². The van der Waals surface area contributed by atoms with E-state index in [1.165, 1.54) is 14.2 Å². The number of ether oxygens (including phenoxy) is 2. The maximum Gasteiger partial charge on any atom is 0.338 e. The minimum absolute atomic E-state index is 0.0257. The molecular formula is C11H16O4. The molecule has 0 aliphatic rings. The summed E-state index contributed by atoms with van der Waals surface area (Å²) in [4.78, 5) is 22.5. The Bertz CT molecular complexity index is 289. The van der Waals surface area contributed by atoms with Gasteiger partial charge >= 0.3 is 11.9 Å². The standard InChI is InChI=1S/C11H16O4/c1-5-6-7-9(11(13)15-4)8(2)10(12)14-3/h7H,2,5-6H2,1,3-4H3/b9-7+. The van der Waals surface area contributed by atoms with Gasteiger partial charge in [0.1, 0.15) is 0 Å². The molecular weight excluding hydrogens is 196 g/mol. The summed E-state index contributed by atoms with van der Waals surface area (Å²) in [5.74, 6) is -1.19. The summed E-state index contributed by atoms with van der Waals surface area (Å²) in [6, 6.07) is 0. The number of methoxy groups -OCH3 is 2. The van der Waals surface area contributed by atoms with Crippen LogP contribution in [0.25, 0.3) is 0 Å². The van der Waals surface area contributed by atoms with E-state index in [4.69, 9.17) is 0 Å². The number of unbranched alkanes of at least 4 members (excludes halogenated alkanes) is 1. The van der Waals surface area contributed by atoms with Crippen LogP contribution in [0.4, 0.5) is 0 Å². The topological polar surface area (TPSA) is 52.6 Å². The zero-order valence-corrected chi connectivity index (χ0v) is 9.33. The van der Waals surface area contributed by atoms with Crippen molar-refractivity contribution in [3.63, 3.8) is 0 Å². The van der Waals surface area contributed by atoms with Crippen LogP contribution in [0.1, 0.15) is 19.8 Å². The van der Waals surface area contributed by atoms with Gasteiger partial charge in [-0.15, -0.1) is 0 Å². The first-order valence-electron chi connectivity index (χ1n) is 4.64. The molecule has 0 aliphatic carbocycles. The second-order valence-electron chi connectivity index (χ2n) is 2.87. The van der Waals surface area contributed by atoms with Gasteiger partial charge in [-0.3, -0.25) is 0 Å². The maximum absolute atomic E-state index is 11.3. The van der Waals surface area contributed by atoms with E-state index in [-0.39, 0.29) is 11.1 Å². The molecule has 0 atom stereocenters. The van der Waals surface area contributed by atoms with Crippen molar-refractivity contribution in [2.75, 3.05) is 14.2 Å². The number of carbonyl (C=O) groups is 2. The SMILES string of the molecule is C=C(C(=O)OC)/C(=C\CCC)C(=O)OC. The Morgan fingerprint density at radius 1 is 1.20 bits per heavy atom. The molecule has 4 heteroatoms. The minimum atomic E-state index is -0.622. The van der Waals surface area contributed by atoms with E-state index in [1.807, 2.05) is 6.92 Å². The van der Waals surface area contributed by atoms with Gasteiger partial charge in [-0.1, -0.05) is 26.0 Å². The molecule has 0 N–H and O–H groups in total. The predicted molar refractivity (Wildman–Crippen MR) is 56.2 cm³/mol. The van der Waals surface area contributed by atoms with Gasteiger partial charge in [-0.25, -0.2) is 9.59 Å². The molecule has 0 aromatic heterocycles. The van der Waals surface area contributed by atoms with Gasteiger partial charge in [-0.2, -0.15) is 0 Å². The van der Waals surface area contributed by atoms with Gasteiger partial charge in [0, 0.05) is 0 Å². The molecule has 4 nitrogen and oxygen atoms in total. The first-order valence-corrected chi connectivity index (χ1v) is 4.64. The first-order chi connectivity index (χ1) is 7.08. The molecule has 0 heterocycles. The summed E-state index contributed by atoms with van der Waals surface area (Å²) in [6.07, 6.45) is 3.18. The fourth-order valence-corrected chi connectivity index (χ4v) is 0.962. The average molecular weight is 212 g/mol. The smallest absolute Gasteiger partial charge is 0.338 e. The van der Waals surface area contributed by atoms with Crippen molar-refractivity contribution in [3.8, 4) is 0 Å². The first kappa shape index (κ1) is 13.4. The van der Waals surface area contributed by atoms with Crippen molar-refractivity contribution < 1.29 is 19.1 Å². The van der Waals surface area contributed by atoms with Gasteiger partial charge in [0.2, 0.25) is 0 Å². The summed E-state index contributed by atoms with van der Waals surface area (Å²) < 4.78 is 9.03. The van der Waals surface area contributed by atoms with E-state index in [9.17, 15) is 9.59 Å². The predicted octanol–water partition coefficient (Wildman–Crippen LogP) is 1.62. The molecule has 0 radical (unpaired) electrons. The van der Waals surface area contributed by atoms with Crippen LogP contribution in [0.5, 0.6) is 0 Å². The number of allylic oxidation sites excluding steroid dienone is 1. The van der Waals surface area contributed by atoms with Crippen LogP contribution in [0.3, 0.4) is 0 Å². The second-order valence-corrected chi connectivity index (χ2v) is 2.87. The molecule has 0 aromatic carbocycles. The van der Waals surface area contributed by atoms with Gasteiger partial charge < -0.3 is 9.47 Å². The van der Waals surface area contributed by atoms with Crippen molar-refractivity contribution >= 4 is 11.9 Å². The zero-order chi connectivity index (χ0) is 11.8. The quantitative estimate of drug-likeness (QED) is 0.394. The highest BCUT2D eigenvalue weighted by Crippen LogP contribution is 2.13. The molecule has 15 heavy (non-hydrogen) atoms. The van der Waals surface area contributed by atoms with E-state index >= 15 is 0 Å². The highest BCUT2D eigenvalue weighted by Gasteiger charge is 2.19. The fourth-order valence-electron chi connectivity index (χ4n) is 0.962. The largest absolute Gasteiger partial charge is 0.465 e. The highest BCUT2D eigenvalue weighted by atomic mass is 16.5. The van der Waals surface area contributed by atoms with Crippen LogP contribution < -0.4 is 0 Å². The van der Waals surface area contributed by atoms with Gasteiger partial charge in [0.25, 0.3) is 0 Å². The van der Waals surface area contributed by atoms with Gasteiger partial charge in [0.05, 0.1) is 25.4 Å². The molecule has 0 unspecified atom stereocenters. The van der Waals surface area contributed by atoms with Crippen LogP contribution in [-0.4, -0.2) is 26.2 Å². The third kappa shape index (κ3) is 3.97. The molecule has 84 valence electrons. The fraction of sp³-hybridized carbons (Fsp3) is 0.455. The third-order valence-electron chi connectivity index (χ3n) is 1.80. The lowest BCUT2D eigenvalue weighted by Crippen LogP contribution is -2.14. The normalized spacial score (nSPS) is 10.7. The zero-order valence-electron chi connectivity index (χ0n) is 9.33. The molecule has 0 bridgehead atoms. The Morgan fingerprint density at radius 2 is 1.73 bits per heavy atom.